The summed E-state index contributed by atoms with van der Waals surface area (Å²) in [7, 11) is 2.07. The molecule has 1 amide bonds. The summed E-state index contributed by atoms with van der Waals surface area (Å²) in [6, 6.07) is 2.63. The van der Waals surface area contributed by atoms with Crippen LogP contribution in [-0.4, -0.2) is 48.6 Å². The van der Waals surface area contributed by atoms with Crippen LogP contribution in [0, 0.1) is 0 Å². The minimum atomic E-state index is 0.257. The van der Waals surface area contributed by atoms with Gasteiger partial charge in [0.2, 0.25) is 5.91 Å². The van der Waals surface area contributed by atoms with Crippen molar-refractivity contribution in [2.75, 3.05) is 13.6 Å². The van der Waals surface area contributed by atoms with Gasteiger partial charge >= 0.3 is 0 Å². The van der Waals surface area contributed by atoms with Gasteiger partial charge in [-0.3, -0.25) is 9.69 Å². The number of rotatable bonds is 5. The van der Waals surface area contributed by atoms with E-state index in [0.29, 0.717) is 18.5 Å². The van der Waals surface area contributed by atoms with Gasteiger partial charge in [-0.15, -0.1) is 0 Å². The van der Waals surface area contributed by atoms with Gasteiger partial charge in [0.1, 0.15) is 0 Å². The first-order valence-electron chi connectivity index (χ1n) is 7.48. The summed E-state index contributed by atoms with van der Waals surface area (Å²) in [4.78, 5) is 14.3. The fourth-order valence-corrected chi connectivity index (χ4v) is 3.63. The molecule has 2 saturated heterocycles. The van der Waals surface area contributed by atoms with Gasteiger partial charge in [-0.2, -0.15) is 0 Å². The first-order valence-corrected chi connectivity index (χ1v) is 7.48. The summed E-state index contributed by atoms with van der Waals surface area (Å²) in [5.74, 6) is 0.257. The average molecular weight is 251 g/mol. The third-order valence-electron chi connectivity index (χ3n) is 4.83. The largest absolute Gasteiger partial charge is 0.353 e. The van der Waals surface area contributed by atoms with Crippen LogP contribution < -0.4 is 10.6 Å². The zero-order valence-electron chi connectivity index (χ0n) is 11.3. The second kappa shape index (κ2) is 5.17. The lowest BCUT2D eigenvalue weighted by Crippen LogP contribution is -2.49. The number of carbonyl (C=O) groups excluding carboxylic acids is 1. The summed E-state index contributed by atoms with van der Waals surface area (Å²) in [5.41, 5.74) is 0. The van der Waals surface area contributed by atoms with Gasteiger partial charge in [0.05, 0.1) is 0 Å². The lowest BCUT2D eigenvalue weighted by molar-refractivity contribution is -0.121. The first kappa shape index (κ1) is 12.4. The third kappa shape index (κ3) is 2.69. The molecule has 3 rings (SSSR count). The van der Waals surface area contributed by atoms with Crippen LogP contribution in [-0.2, 0) is 4.79 Å². The molecule has 4 heteroatoms. The van der Waals surface area contributed by atoms with Gasteiger partial charge in [-0.1, -0.05) is 0 Å². The van der Waals surface area contributed by atoms with Gasteiger partial charge in [0, 0.05) is 37.1 Å². The van der Waals surface area contributed by atoms with Crippen molar-refractivity contribution >= 4 is 5.91 Å². The Hall–Kier alpha value is -0.610. The molecule has 2 heterocycles. The molecule has 2 bridgehead atoms. The lowest BCUT2D eigenvalue weighted by Gasteiger charge is -2.38. The van der Waals surface area contributed by atoms with Crippen LogP contribution in [0.15, 0.2) is 0 Å². The SMILES string of the molecule is CNC1CC2CCC(C1)N2CCC(=O)NC1CC1. The van der Waals surface area contributed by atoms with E-state index >= 15 is 0 Å². The van der Waals surface area contributed by atoms with E-state index in [-0.39, 0.29) is 5.91 Å². The maximum absolute atomic E-state index is 11.7. The van der Waals surface area contributed by atoms with E-state index < -0.39 is 0 Å². The maximum atomic E-state index is 11.7. The Morgan fingerprint density at radius 2 is 1.78 bits per heavy atom. The number of carbonyl (C=O) groups is 1. The van der Waals surface area contributed by atoms with Crippen molar-refractivity contribution in [1.82, 2.24) is 15.5 Å². The van der Waals surface area contributed by atoms with Crippen LogP contribution in [0.3, 0.4) is 0 Å². The normalized spacial score (nSPS) is 35.7. The molecule has 3 fully saturated rings. The molecular weight excluding hydrogens is 226 g/mol. The lowest BCUT2D eigenvalue weighted by atomic mass is 9.97. The number of hydrogen-bond acceptors (Lipinski definition) is 3. The van der Waals surface area contributed by atoms with E-state index in [4.69, 9.17) is 0 Å². The molecule has 18 heavy (non-hydrogen) atoms. The van der Waals surface area contributed by atoms with Crippen molar-refractivity contribution < 1.29 is 4.79 Å². The Morgan fingerprint density at radius 1 is 1.11 bits per heavy atom. The topological polar surface area (TPSA) is 44.4 Å². The monoisotopic (exact) mass is 251 g/mol. The molecule has 4 nitrogen and oxygen atoms in total. The Labute approximate surface area is 109 Å². The molecule has 2 aliphatic heterocycles. The van der Waals surface area contributed by atoms with Crippen LogP contribution in [0.5, 0.6) is 0 Å². The molecule has 1 saturated carbocycles. The standard InChI is InChI=1S/C14H25N3O/c1-15-11-8-12-4-5-13(9-11)17(12)7-6-14(18)16-10-2-3-10/h10-13,15H,2-9H2,1H3,(H,16,18). The second-order valence-corrected chi connectivity index (χ2v) is 6.17. The molecule has 0 aromatic carbocycles. The number of amides is 1. The Bertz CT molecular complexity index is 302. The number of nitrogens with one attached hydrogen (secondary N) is 2. The van der Waals surface area contributed by atoms with E-state index in [1.807, 2.05) is 0 Å². The van der Waals surface area contributed by atoms with Gasteiger partial charge in [-0.05, 0) is 45.6 Å². The van der Waals surface area contributed by atoms with Crippen LogP contribution in [0.1, 0.15) is 44.9 Å². The molecule has 0 aromatic heterocycles. The first-order chi connectivity index (χ1) is 8.76. The van der Waals surface area contributed by atoms with Crippen molar-refractivity contribution in [2.45, 2.75) is 69.1 Å². The van der Waals surface area contributed by atoms with Crippen molar-refractivity contribution in [3.05, 3.63) is 0 Å². The third-order valence-corrected chi connectivity index (χ3v) is 4.83. The predicted molar refractivity (Wildman–Crippen MR) is 71.4 cm³/mol. The van der Waals surface area contributed by atoms with Gasteiger partial charge < -0.3 is 10.6 Å². The fourth-order valence-electron chi connectivity index (χ4n) is 3.63. The highest BCUT2D eigenvalue weighted by Crippen LogP contribution is 2.35. The summed E-state index contributed by atoms with van der Waals surface area (Å²) in [5, 5.41) is 6.50. The smallest absolute Gasteiger partial charge is 0.221 e. The Balaban J connectivity index is 1.46. The molecule has 0 spiro atoms. The highest BCUT2D eigenvalue weighted by molar-refractivity contribution is 5.76. The number of hydrogen-bond donors (Lipinski definition) is 2. The number of piperidine rings is 1. The van der Waals surface area contributed by atoms with Crippen molar-refractivity contribution in [2.24, 2.45) is 0 Å². The number of fused-ring (bicyclic) bond motifs is 2. The quantitative estimate of drug-likeness (QED) is 0.762. The average Bonchev–Trinajstić information content (AvgIpc) is 3.13. The van der Waals surface area contributed by atoms with Crippen LogP contribution in [0.2, 0.25) is 0 Å². The zero-order valence-corrected chi connectivity index (χ0v) is 11.3. The van der Waals surface area contributed by atoms with Crippen LogP contribution in [0.4, 0.5) is 0 Å². The highest BCUT2D eigenvalue weighted by Gasteiger charge is 2.40. The van der Waals surface area contributed by atoms with Gasteiger partial charge in [-0.25, -0.2) is 0 Å². The summed E-state index contributed by atoms with van der Waals surface area (Å²) in [6.45, 7) is 0.963. The molecule has 3 aliphatic rings. The fraction of sp³-hybridized carbons (Fsp3) is 0.929. The highest BCUT2D eigenvalue weighted by atomic mass is 16.1. The van der Waals surface area contributed by atoms with Crippen molar-refractivity contribution in [1.29, 1.82) is 0 Å². The summed E-state index contributed by atoms with van der Waals surface area (Å²) >= 11 is 0. The van der Waals surface area contributed by atoms with E-state index in [9.17, 15) is 4.79 Å². The molecule has 2 atom stereocenters. The van der Waals surface area contributed by atoms with Crippen molar-refractivity contribution in [3.8, 4) is 0 Å². The minimum Gasteiger partial charge on any atom is -0.353 e. The van der Waals surface area contributed by atoms with E-state index in [2.05, 4.69) is 22.6 Å². The maximum Gasteiger partial charge on any atom is 0.221 e. The minimum absolute atomic E-state index is 0.257. The van der Waals surface area contributed by atoms with Crippen LogP contribution in [0.25, 0.3) is 0 Å². The molecule has 102 valence electrons. The summed E-state index contributed by atoms with van der Waals surface area (Å²) in [6.07, 6.45) is 8.23. The molecular formula is C14H25N3O. The molecule has 0 radical (unpaired) electrons. The predicted octanol–water partition coefficient (Wildman–Crippen LogP) is 0.870. The molecule has 1 aliphatic carbocycles. The van der Waals surface area contributed by atoms with E-state index in [0.717, 1.165) is 18.6 Å². The van der Waals surface area contributed by atoms with E-state index in [1.165, 1.54) is 38.5 Å². The van der Waals surface area contributed by atoms with E-state index in [1.54, 1.807) is 0 Å². The van der Waals surface area contributed by atoms with Gasteiger partial charge in [0.15, 0.2) is 0 Å². The Morgan fingerprint density at radius 3 is 2.33 bits per heavy atom. The van der Waals surface area contributed by atoms with Gasteiger partial charge in [0.25, 0.3) is 0 Å². The molecule has 2 unspecified atom stereocenters. The zero-order chi connectivity index (χ0) is 12.5. The number of nitrogens with zero attached hydrogens (tertiary/aromatic N) is 1. The second-order valence-electron chi connectivity index (χ2n) is 6.17. The summed E-state index contributed by atoms with van der Waals surface area (Å²) < 4.78 is 0. The molecule has 2 N–H and O–H groups in total. The van der Waals surface area contributed by atoms with Crippen LogP contribution >= 0.6 is 0 Å². The van der Waals surface area contributed by atoms with Crippen molar-refractivity contribution in [3.63, 3.8) is 0 Å². The Kier molecular flexibility index (Phi) is 3.57. The molecule has 0 aromatic rings.